The first-order valence-corrected chi connectivity index (χ1v) is 11.5. The highest BCUT2D eigenvalue weighted by atomic mass is 32.2. The van der Waals surface area contributed by atoms with Gasteiger partial charge in [-0.2, -0.15) is 8.42 Å². The van der Waals surface area contributed by atoms with Crippen LogP contribution in [0.25, 0.3) is 0 Å². The zero-order valence-electron chi connectivity index (χ0n) is 17.2. The number of benzene rings is 3. The number of rotatable bonds is 6. The van der Waals surface area contributed by atoms with Crippen molar-refractivity contribution in [2.75, 3.05) is 25.1 Å². The van der Waals surface area contributed by atoms with Gasteiger partial charge in [0.25, 0.3) is 10.1 Å². The third-order valence-electron chi connectivity index (χ3n) is 4.93. The summed E-state index contributed by atoms with van der Waals surface area (Å²) in [5.41, 5.74) is 5.34. The van der Waals surface area contributed by atoms with Gasteiger partial charge in [-0.25, -0.2) is 0 Å². The van der Waals surface area contributed by atoms with Gasteiger partial charge in [0.05, 0.1) is 4.90 Å². The molecule has 0 amide bonds. The minimum atomic E-state index is -3.78. The van der Waals surface area contributed by atoms with Crippen LogP contribution >= 0.6 is 0 Å². The second-order valence-corrected chi connectivity index (χ2v) is 8.88. The molecule has 0 fully saturated rings. The van der Waals surface area contributed by atoms with Crippen LogP contribution in [0.2, 0.25) is 0 Å². The average Bonchev–Trinajstić information content (AvgIpc) is 3.24. The average molecular weight is 434 g/mol. The fourth-order valence-electron chi connectivity index (χ4n) is 3.22. The van der Waals surface area contributed by atoms with Gasteiger partial charge in [0.1, 0.15) is 19.0 Å². The lowest BCUT2D eigenvalue weighted by molar-refractivity contribution is 0.221. The first-order chi connectivity index (χ1) is 15.0. The monoisotopic (exact) mass is 433 g/mol. The van der Waals surface area contributed by atoms with Crippen molar-refractivity contribution < 1.29 is 17.3 Å². The second kappa shape index (κ2) is 9.25. The van der Waals surface area contributed by atoms with E-state index in [-0.39, 0.29) is 18.1 Å². The number of nitrogens with one attached hydrogen (secondary N) is 1. The van der Waals surface area contributed by atoms with Gasteiger partial charge < -0.3 is 10.1 Å². The first kappa shape index (κ1) is 21.0. The standard InChI is InChI=1S/C25H23NO4S/c1-19-2-12-24(13-3-19)31(27,28)30-17-16-29-23-10-7-20(8-11-23)4-5-21-6-9-22-14-15-26-25(22)18-21/h2-3,6-13,18,26H,14-17H2,1H3. The Bertz CT molecular complexity index is 1220. The topological polar surface area (TPSA) is 64.6 Å². The molecule has 0 unspecified atom stereocenters. The van der Waals surface area contributed by atoms with Crippen LogP contribution in [0.4, 0.5) is 5.69 Å². The van der Waals surface area contributed by atoms with Gasteiger partial charge in [0.2, 0.25) is 0 Å². The zero-order chi connectivity index (χ0) is 21.7. The van der Waals surface area contributed by atoms with E-state index >= 15 is 0 Å². The summed E-state index contributed by atoms with van der Waals surface area (Å²) >= 11 is 0. The van der Waals surface area contributed by atoms with Gasteiger partial charge in [-0.05, 0) is 67.4 Å². The van der Waals surface area contributed by atoms with Crippen molar-refractivity contribution in [3.05, 3.63) is 89.0 Å². The van der Waals surface area contributed by atoms with Crippen LogP contribution in [0.3, 0.4) is 0 Å². The van der Waals surface area contributed by atoms with Gasteiger partial charge in [-0.3, -0.25) is 4.18 Å². The number of ether oxygens (including phenoxy) is 1. The van der Waals surface area contributed by atoms with Crippen molar-refractivity contribution in [2.24, 2.45) is 0 Å². The molecule has 3 aromatic carbocycles. The Morgan fingerprint density at radius 3 is 2.39 bits per heavy atom. The van der Waals surface area contributed by atoms with Crippen LogP contribution in [0.5, 0.6) is 5.75 Å². The minimum Gasteiger partial charge on any atom is -0.491 e. The summed E-state index contributed by atoms with van der Waals surface area (Å²) in [5.74, 6) is 6.96. The van der Waals surface area contributed by atoms with Crippen LogP contribution in [0.1, 0.15) is 22.3 Å². The molecule has 0 saturated heterocycles. The maximum atomic E-state index is 12.2. The van der Waals surface area contributed by atoms with Crippen molar-refractivity contribution in [1.82, 2.24) is 0 Å². The maximum Gasteiger partial charge on any atom is 0.297 e. The van der Waals surface area contributed by atoms with Crippen molar-refractivity contribution >= 4 is 15.8 Å². The highest BCUT2D eigenvalue weighted by Crippen LogP contribution is 2.23. The van der Waals surface area contributed by atoms with E-state index in [0.717, 1.165) is 29.7 Å². The molecular formula is C25H23NO4S. The lowest BCUT2D eigenvalue weighted by atomic mass is 10.1. The molecule has 5 nitrogen and oxygen atoms in total. The van der Waals surface area contributed by atoms with Gasteiger partial charge >= 0.3 is 0 Å². The molecule has 0 aromatic heterocycles. The Morgan fingerprint density at radius 1 is 0.903 bits per heavy atom. The van der Waals surface area contributed by atoms with E-state index in [4.69, 9.17) is 8.92 Å². The summed E-state index contributed by atoms with van der Waals surface area (Å²) in [6.45, 7) is 2.94. The highest BCUT2D eigenvalue weighted by Gasteiger charge is 2.14. The van der Waals surface area contributed by atoms with Crippen LogP contribution in [0, 0.1) is 18.8 Å². The Morgan fingerprint density at radius 2 is 1.61 bits per heavy atom. The number of aryl methyl sites for hydroxylation is 1. The summed E-state index contributed by atoms with van der Waals surface area (Å²) in [6, 6.07) is 20.1. The van der Waals surface area contributed by atoms with Crippen LogP contribution in [-0.4, -0.2) is 28.2 Å². The fraction of sp³-hybridized carbons (Fsp3) is 0.200. The molecule has 0 spiro atoms. The smallest absolute Gasteiger partial charge is 0.297 e. The van der Waals surface area contributed by atoms with Crippen LogP contribution in [-0.2, 0) is 20.7 Å². The summed E-state index contributed by atoms with van der Waals surface area (Å²) in [7, 11) is -3.78. The van der Waals surface area contributed by atoms with Gasteiger partial charge in [-0.15, -0.1) is 0 Å². The van der Waals surface area contributed by atoms with Crippen molar-refractivity contribution in [2.45, 2.75) is 18.2 Å². The highest BCUT2D eigenvalue weighted by molar-refractivity contribution is 7.86. The van der Waals surface area contributed by atoms with E-state index in [2.05, 4.69) is 29.3 Å². The predicted octanol–water partition coefficient (Wildman–Crippen LogP) is 4.15. The van der Waals surface area contributed by atoms with Crippen LogP contribution < -0.4 is 10.1 Å². The number of anilines is 1. The predicted molar refractivity (Wildman–Crippen MR) is 121 cm³/mol. The molecule has 0 aliphatic carbocycles. The molecule has 31 heavy (non-hydrogen) atoms. The van der Waals surface area contributed by atoms with Gasteiger partial charge in [0.15, 0.2) is 0 Å². The second-order valence-electron chi connectivity index (χ2n) is 7.26. The summed E-state index contributed by atoms with van der Waals surface area (Å²) < 4.78 is 34.9. The number of hydrogen-bond donors (Lipinski definition) is 1. The van der Waals surface area contributed by atoms with E-state index in [1.165, 1.54) is 23.4 Å². The van der Waals surface area contributed by atoms with Gasteiger partial charge in [-0.1, -0.05) is 35.6 Å². The third kappa shape index (κ3) is 5.46. The molecule has 1 aliphatic rings. The quantitative estimate of drug-likeness (QED) is 0.360. The molecule has 1 N–H and O–H groups in total. The molecule has 1 heterocycles. The SMILES string of the molecule is Cc1ccc(S(=O)(=O)OCCOc2ccc(C#Cc3ccc4c(c3)NCC4)cc2)cc1. The molecule has 4 rings (SSSR count). The van der Waals surface area contributed by atoms with Crippen LogP contribution in [0.15, 0.2) is 71.6 Å². The summed E-state index contributed by atoms with van der Waals surface area (Å²) in [5, 5.41) is 3.36. The Labute approximate surface area is 183 Å². The maximum absolute atomic E-state index is 12.2. The minimum absolute atomic E-state index is 0.0653. The molecule has 158 valence electrons. The van der Waals surface area contributed by atoms with E-state index in [1.54, 1.807) is 12.1 Å². The molecule has 1 aliphatic heterocycles. The van der Waals surface area contributed by atoms with Crippen molar-refractivity contribution in [1.29, 1.82) is 0 Å². The molecular weight excluding hydrogens is 410 g/mol. The van der Waals surface area contributed by atoms with E-state index in [0.29, 0.717) is 5.75 Å². The Balaban J connectivity index is 1.28. The molecule has 0 radical (unpaired) electrons. The molecule has 3 aromatic rings. The van der Waals surface area contributed by atoms with E-state index in [1.807, 2.05) is 37.3 Å². The fourth-order valence-corrected chi connectivity index (χ4v) is 4.12. The number of fused-ring (bicyclic) bond motifs is 1. The van der Waals surface area contributed by atoms with E-state index < -0.39 is 10.1 Å². The molecule has 0 saturated carbocycles. The third-order valence-corrected chi connectivity index (χ3v) is 6.25. The zero-order valence-corrected chi connectivity index (χ0v) is 18.0. The first-order valence-electron chi connectivity index (χ1n) is 10.1. The molecule has 0 bridgehead atoms. The lowest BCUT2D eigenvalue weighted by Crippen LogP contribution is -2.13. The largest absolute Gasteiger partial charge is 0.491 e. The Hall–Kier alpha value is -3.27. The summed E-state index contributed by atoms with van der Waals surface area (Å²) in [6.07, 6.45) is 1.06. The van der Waals surface area contributed by atoms with Crippen molar-refractivity contribution in [3.63, 3.8) is 0 Å². The van der Waals surface area contributed by atoms with Gasteiger partial charge in [0, 0.05) is 23.4 Å². The Kier molecular flexibility index (Phi) is 6.26. The normalized spacial score (nSPS) is 12.4. The lowest BCUT2D eigenvalue weighted by Gasteiger charge is -2.08. The molecule has 0 atom stereocenters. The summed E-state index contributed by atoms with van der Waals surface area (Å²) in [4.78, 5) is 0.139. The molecule has 6 heteroatoms. The van der Waals surface area contributed by atoms with E-state index in [9.17, 15) is 8.42 Å². The number of hydrogen-bond acceptors (Lipinski definition) is 5. The van der Waals surface area contributed by atoms with Crippen molar-refractivity contribution in [3.8, 4) is 17.6 Å².